The fourth-order valence-corrected chi connectivity index (χ4v) is 4.48. The minimum absolute atomic E-state index is 0.0737. The highest BCUT2D eigenvalue weighted by molar-refractivity contribution is 5.83. The molecule has 1 unspecified atom stereocenters. The lowest BCUT2D eigenvalue weighted by molar-refractivity contribution is -0.122. The van der Waals surface area contributed by atoms with Crippen molar-refractivity contribution in [1.29, 1.82) is 0 Å². The van der Waals surface area contributed by atoms with E-state index in [1.54, 1.807) is 0 Å². The summed E-state index contributed by atoms with van der Waals surface area (Å²) in [6.45, 7) is 3.92. The number of amides is 1. The van der Waals surface area contributed by atoms with E-state index in [2.05, 4.69) is 16.9 Å². The lowest BCUT2D eigenvalue weighted by Crippen LogP contribution is -2.29. The van der Waals surface area contributed by atoms with Crippen molar-refractivity contribution in [3.63, 3.8) is 0 Å². The second kappa shape index (κ2) is 8.26. The van der Waals surface area contributed by atoms with E-state index in [9.17, 15) is 4.79 Å². The highest BCUT2D eigenvalue weighted by Crippen LogP contribution is 2.33. The first-order valence-corrected chi connectivity index (χ1v) is 10.3. The molecule has 1 saturated carbocycles. The minimum Gasteiger partial charge on any atom is -0.376 e. The smallest absolute Gasteiger partial charge is 0.227 e. The molecular weight excluding hydrogens is 338 g/mol. The standard InChI is InChI=1S/C22H29N3O2/c1-2-18(16-8-4-3-5-9-16)22(26)23-14-20-19-15-27-13-12-21(19)25(24-20)17-10-6-7-11-17/h3-5,8-9,17-18H,2,6-7,10-15H2,1H3,(H,23,26). The molecule has 0 bridgehead atoms. The third kappa shape index (κ3) is 3.79. The number of carbonyl (C=O) groups is 1. The summed E-state index contributed by atoms with van der Waals surface area (Å²) in [6, 6.07) is 10.5. The molecule has 1 N–H and O–H groups in total. The number of rotatable bonds is 6. The van der Waals surface area contributed by atoms with Crippen molar-refractivity contribution < 1.29 is 9.53 Å². The zero-order chi connectivity index (χ0) is 18.6. The Morgan fingerprint density at radius 1 is 1.30 bits per heavy atom. The lowest BCUT2D eigenvalue weighted by atomic mass is 9.95. The van der Waals surface area contributed by atoms with E-state index in [1.165, 1.54) is 36.9 Å². The first kappa shape index (κ1) is 18.2. The van der Waals surface area contributed by atoms with Crippen LogP contribution in [0.25, 0.3) is 0 Å². The second-order valence-electron chi connectivity index (χ2n) is 7.65. The summed E-state index contributed by atoms with van der Waals surface area (Å²) in [5, 5.41) is 8.06. The number of hydrogen-bond acceptors (Lipinski definition) is 3. The Bertz CT molecular complexity index is 778. The van der Waals surface area contributed by atoms with Crippen molar-refractivity contribution in [1.82, 2.24) is 15.1 Å². The van der Waals surface area contributed by atoms with Gasteiger partial charge in [0.25, 0.3) is 0 Å². The molecule has 2 aliphatic rings. The summed E-state index contributed by atoms with van der Waals surface area (Å²) in [5.41, 5.74) is 4.57. The zero-order valence-corrected chi connectivity index (χ0v) is 16.1. The third-order valence-corrected chi connectivity index (χ3v) is 5.96. The average molecular weight is 367 g/mol. The minimum atomic E-state index is -0.116. The van der Waals surface area contributed by atoms with Gasteiger partial charge in [0.05, 0.1) is 37.4 Å². The van der Waals surface area contributed by atoms with Crippen molar-refractivity contribution in [2.45, 2.75) is 70.6 Å². The van der Waals surface area contributed by atoms with Gasteiger partial charge in [-0.2, -0.15) is 5.10 Å². The van der Waals surface area contributed by atoms with Crippen LogP contribution in [-0.2, 0) is 29.1 Å². The van der Waals surface area contributed by atoms with Crippen LogP contribution in [0, 0.1) is 0 Å². The van der Waals surface area contributed by atoms with Crippen molar-refractivity contribution in [3.05, 3.63) is 52.8 Å². The molecule has 4 rings (SSSR count). The van der Waals surface area contributed by atoms with Crippen LogP contribution in [-0.4, -0.2) is 22.3 Å². The van der Waals surface area contributed by atoms with Crippen LogP contribution >= 0.6 is 0 Å². The normalized spacial score (nSPS) is 18.3. The van der Waals surface area contributed by atoms with Crippen LogP contribution in [0.15, 0.2) is 30.3 Å². The Morgan fingerprint density at radius 2 is 2.07 bits per heavy atom. The quantitative estimate of drug-likeness (QED) is 0.843. The van der Waals surface area contributed by atoms with E-state index < -0.39 is 0 Å². The van der Waals surface area contributed by atoms with E-state index in [-0.39, 0.29) is 11.8 Å². The van der Waals surface area contributed by atoms with Gasteiger partial charge in [-0.15, -0.1) is 0 Å². The van der Waals surface area contributed by atoms with Crippen LogP contribution in [0.4, 0.5) is 0 Å². The molecule has 2 heterocycles. The molecule has 5 heteroatoms. The van der Waals surface area contributed by atoms with Crippen LogP contribution in [0.3, 0.4) is 0 Å². The number of nitrogens with one attached hydrogen (secondary N) is 1. The number of ether oxygens (including phenoxy) is 1. The first-order chi connectivity index (χ1) is 13.3. The first-order valence-electron chi connectivity index (χ1n) is 10.3. The molecule has 1 amide bonds. The van der Waals surface area contributed by atoms with Gasteiger partial charge < -0.3 is 10.1 Å². The van der Waals surface area contributed by atoms with Crippen LogP contribution in [0.2, 0.25) is 0 Å². The predicted octanol–water partition coefficient (Wildman–Crippen LogP) is 3.88. The van der Waals surface area contributed by atoms with Crippen molar-refractivity contribution in [2.24, 2.45) is 0 Å². The van der Waals surface area contributed by atoms with E-state index in [0.717, 1.165) is 30.7 Å². The summed E-state index contributed by atoms with van der Waals surface area (Å²) >= 11 is 0. The van der Waals surface area contributed by atoms with E-state index in [1.807, 2.05) is 30.3 Å². The van der Waals surface area contributed by atoms with Crippen molar-refractivity contribution in [2.75, 3.05) is 6.61 Å². The maximum Gasteiger partial charge on any atom is 0.227 e. The molecule has 2 aromatic rings. The SMILES string of the molecule is CCC(C(=O)NCc1nn(C2CCCC2)c2c1COCC2)c1ccccc1. The van der Waals surface area contributed by atoms with E-state index in [4.69, 9.17) is 9.84 Å². The molecule has 0 saturated heterocycles. The molecule has 1 fully saturated rings. The van der Waals surface area contributed by atoms with E-state index >= 15 is 0 Å². The van der Waals surface area contributed by atoms with Gasteiger partial charge in [0.1, 0.15) is 0 Å². The number of aromatic nitrogens is 2. The Balaban J connectivity index is 1.50. The Hall–Kier alpha value is -2.14. The second-order valence-corrected chi connectivity index (χ2v) is 7.65. The zero-order valence-electron chi connectivity index (χ0n) is 16.1. The van der Waals surface area contributed by atoms with Crippen molar-refractivity contribution in [3.8, 4) is 0 Å². The summed E-state index contributed by atoms with van der Waals surface area (Å²) < 4.78 is 7.94. The number of benzene rings is 1. The van der Waals surface area contributed by atoms with Gasteiger partial charge in [0.2, 0.25) is 5.91 Å². The summed E-state index contributed by atoms with van der Waals surface area (Å²) in [7, 11) is 0. The van der Waals surface area contributed by atoms with E-state index in [0.29, 0.717) is 19.2 Å². The Morgan fingerprint density at radius 3 is 2.81 bits per heavy atom. The highest BCUT2D eigenvalue weighted by atomic mass is 16.5. The van der Waals surface area contributed by atoms with Crippen LogP contribution in [0.5, 0.6) is 0 Å². The Labute approximate surface area is 161 Å². The predicted molar refractivity (Wildman–Crippen MR) is 104 cm³/mol. The molecule has 0 radical (unpaired) electrons. The van der Waals surface area contributed by atoms with Gasteiger partial charge in [-0.05, 0) is 24.8 Å². The number of nitrogens with zero attached hydrogens (tertiary/aromatic N) is 2. The fraction of sp³-hybridized carbons (Fsp3) is 0.545. The topological polar surface area (TPSA) is 56.2 Å². The number of hydrogen-bond donors (Lipinski definition) is 1. The van der Waals surface area contributed by atoms with Gasteiger partial charge >= 0.3 is 0 Å². The van der Waals surface area contributed by atoms with Crippen LogP contribution < -0.4 is 5.32 Å². The molecule has 0 spiro atoms. The fourth-order valence-electron chi connectivity index (χ4n) is 4.48. The molecule has 1 atom stereocenters. The van der Waals surface area contributed by atoms with Gasteiger partial charge in [0, 0.05) is 17.7 Å². The van der Waals surface area contributed by atoms with Gasteiger partial charge in [0.15, 0.2) is 0 Å². The van der Waals surface area contributed by atoms with Crippen LogP contribution in [0.1, 0.15) is 73.5 Å². The molecular formula is C22H29N3O2. The number of carbonyl (C=O) groups excluding carboxylic acids is 1. The molecule has 144 valence electrons. The molecule has 27 heavy (non-hydrogen) atoms. The third-order valence-electron chi connectivity index (χ3n) is 5.96. The maximum absolute atomic E-state index is 12.8. The van der Waals surface area contributed by atoms with Gasteiger partial charge in [-0.1, -0.05) is 50.1 Å². The maximum atomic E-state index is 12.8. The van der Waals surface area contributed by atoms with Gasteiger partial charge in [-0.3, -0.25) is 9.48 Å². The summed E-state index contributed by atoms with van der Waals surface area (Å²) in [4.78, 5) is 12.8. The Kier molecular flexibility index (Phi) is 5.58. The molecule has 1 aromatic heterocycles. The lowest BCUT2D eigenvalue weighted by Gasteiger charge is -2.18. The average Bonchev–Trinajstić information content (AvgIpc) is 3.36. The largest absolute Gasteiger partial charge is 0.376 e. The molecule has 5 nitrogen and oxygen atoms in total. The monoisotopic (exact) mass is 367 g/mol. The highest BCUT2D eigenvalue weighted by Gasteiger charge is 2.27. The van der Waals surface area contributed by atoms with Crippen molar-refractivity contribution >= 4 is 5.91 Å². The molecule has 1 aliphatic heterocycles. The summed E-state index contributed by atoms with van der Waals surface area (Å²) in [5.74, 6) is -0.0419. The molecule has 1 aliphatic carbocycles. The summed E-state index contributed by atoms with van der Waals surface area (Å²) in [6.07, 6.45) is 6.72. The molecule has 1 aromatic carbocycles. The number of fused-ring (bicyclic) bond motifs is 1. The van der Waals surface area contributed by atoms with Gasteiger partial charge in [-0.25, -0.2) is 0 Å².